The molecule has 0 saturated carbocycles. The Hall–Kier alpha value is -2.29. The molecule has 3 aromatic rings. The highest BCUT2D eigenvalue weighted by atomic mass is 79.9. The number of rotatable bonds is 3. The first kappa shape index (κ1) is 14.6. The molecule has 0 aliphatic rings. The van der Waals surface area contributed by atoms with Gasteiger partial charge in [-0.3, -0.25) is 4.98 Å². The van der Waals surface area contributed by atoms with E-state index in [0.29, 0.717) is 5.56 Å². The van der Waals surface area contributed by atoms with E-state index in [1.54, 1.807) is 23.6 Å². The van der Waals surface area contributed by atoms with Crippen LogP contribution in [0.4, 0.5) is 0 Å². The molecule has 0 saturated heterocycles. The van der Waals surface area contributed by atoms with E-state index >= 15 is 0 Å². The summed E-state index contributed by atoms with van der Waals surface area (Å²) in [5.41, 5.74) is 3.35. The van der Waals surface area contributed by atoms with Crippen molar-refractivity contribution in [2.24, 2.45) is 0 Å². The Bertz CT molecular complexity index is 860. The van der Waals surface area contributed by atoms with E-state index < -0.39 is 0 Å². The van der Waals surface area contributed by atoms with E-state index in [9.17, 15) is 0 Å². The Morgan fingerprint density at radius 2 is 2.00 bits per heavy atom. The number of nitriles is 1. The maximum Gasteiger partial charge on any atom is 0.124 e. The number of hydrogen-bond acceptors (Lipinski definition) is 4. The molecule has 3 nitrogen and oxygen atoms in total. The molecule has 106 valence electrons. The molecule has 0 unspecified atom stereocenters. The van der Waals surface area contributed by atoms with Crippen LogP contribution in [0.1, 0.15) is 17.0 Å². The molecule has 5 heteroatoms. The lowest BCUT2D eigenvalue weighted by molar-refractivity contribution is 1.27. The normalized spacial score (nSPS) is 10.7. The Morgan fingerprint density at radius 1 is 1.14 bits per heavy atom. The smallest absolute Gasteiger partial charge is 0.124 e. The third-order valence-corrected chi connectivity index (χ3v) is 4.34. The van der Waals surface area contributed by atoms with Gasteiger partial charge in [0.1, 0.15) is 11.1 Å². The summed E-state index contributed by atoms with van der Waals surface area (Å²) in [6.07, 6.45) is 5.38. The van der Waals surface area contributed by atoms with Gasteiger partial charge in [-0.25, -0.2) is 4.98 Å². The van der Waals surface area contributed by atoms with Crippen molar-refractivity contribution in [1.82, 2.24) is 9.97 Å². The third-order valence-electron chi connectivity index (χ3n) is 2.93. The first-order valence-corrected chi connectivity index (χ1v) is 8.17. The van der Waals surface area contributed by atoms with E-state index in [-0.39, 0.29) is 0 Å². The van der Waals surface area contributed by atoms with Crippen molar-refractivity contribution < 1.29 is 0 Å². The van der Waals surface area contributed by atoms with Gasteiger partial charge < -0.3 is 0 Å². The van der Waals surface area contributed by atoms with E-state index in [0.717, 1.165) is 26.4 Å². The van der Waals surface area contributed by atoms with Gasteiger partial charge >= 0.3 is 0 Å². The lowest BCUT2D eigenvalue weighted by Crippen LogP contribution is -1.82. The minimum atomic E-state index is 0.558. The summed E-state index contributed by atoms with van der Waals surface area (Å²) >= 11 is 5.08. The Labute approximate surface area is 140 Å². The van der Waals surface area contributed by atoms with Crippen molar-refractivity contribution in [3.63, 3.8) is 0 Å². The van der Waals surface area contributed by atoms with Crippen molar-refractivity contribution in [2.45, 2.75) is 0 Å². The van der Waals surface area contributed by atoms with Crippen LogP contribution in [-0.2, 0) is 0 Å². The summed E-state index contributed by atoms with van der Waals surface area (Å²) in [6, 6.07) is 13.7. The number of hydrogen-bond donors (Lipinski definition) is 0. The summed E-state index contributed by atoms with van der Waals surface area (Å²) in [6.45, 7) is 0. The SMILES string of the molecule is N#Cc1ccc(/C=C/c2csc(-c3cccc(Br)c3)n2)nc1. The molecule has 0 bridgehead atoms. The lowest BCUT2D eigenvalue weighted by atomic mass is 10.2. The van der Waals surface area contributed by atoms with Gasteiger partial charge in [0.15, 0.2) is 0 Å². The fraction of sp³-hybridized carbons (Fsp3) is 0. The number of nitrogens with zero attached hydrogens (tertiary/aromatic N) is 3. The minimum Gasteiger partial charge on any atom is -0.256 e. The van der Waals surface area contributed by atoms with Crippen molar-refractivity contribution in [3.8, 4) is 16.6 Å². The topological polar surface area (TPSA) is 49.6 Å². The largest absolute Gasteiger partial charge is 0.256 e. The third kappa shape index (κ3) is 3.48. The van der Waals surface area contributed by atoms with Crippen LogP contribution < -0.4 is 0 Å². The fourth-order valence-corrected chi connectivity index (χ4v) is 3.04. The number of halogens is 1. The van der Waals surface area contributed by atoms with Crippen LogP contribution in [0.25, 0.3) is 22.7 Å². The Morgan fingerprint density at radius 3 is 2.73 bits per heavy atom. The van der Waals surface area contributed by atoms with Crippen LogP contribution in [0.15, 0.2) is 52.4 Å². The molecule has 0 aliphatic heterocycles. The van der Waals surface area contributed by atoms with Crippen LogP contribution in [-0.4, -0.2) is 9.97 Å². The van der Waals surface area contributed by atoms with Crippen LogP contribution in [0.5, 0.6) is 0 Å². The van der Waals surface area contributed by atoms with E-state index in [1.807, 2.05) is 41.8 Å². The van der Waals surface area contributed by atoms with Gasteiger partial charge in [0.05, 0.1) is 17.0 Å². The zero-order chi connectivity index (χ0) is 15.4. The molecule has 2 heterocycles. The zero-order valence-corrected chi connectivity index (χ0v) is 13.8. The summed E-state index contributed by atoms with van der Waals surface area (Å²) < 4.78 is 1.04. The molecule has 0 spiro atoms. The molecule has 0 radical (unpaired) electrons. The molecule has 22 heavy (non-hydrogen) atoms. The second kappa shape index (κ2) is 6.65. The monoisotopic (exact) mass is 367 g/mol. The first-order valence-electron chi connectivity index (χ1n) is 6.50. The van der Waals surface area contributed by atoms with Crippen molar-refractivity contribution in [2.75, 3.05) is 0 Å². The molecular formula is C17H10BrN3S. The van der Waals surface area contributed by atoms with Crippen molar-refractivity contribution >= 4 is 39.4 Å². The van der Waals surface area contributed by atoms with Gasteiger partial charge in [-0.2, -0.15) is 5.26 Å². The quantitative estimate of drug-likeness (QED) is 0.653. The van der Waals surface area contributed by atoms with Crippen LogP contribution in [0.3, 0.4) is 0 Å². The van der Waals surface area contributed by atoms with E-state index in [2.05, 4.69) is 38.0 Å². The highest BCUT2D eigenvalue weighted by Gasteiger charge is 2.03. The zero-order valence-electron chi connectivity index (χ0n) is 11.4. The highest BCUT2D eigenvalue weighted by molar-refractivity contribution is 9.10. The summed E-state index contributed by atoms with van der Waals surface area (Å²) in [5, 5.41) is 11.7. The van der Waals surface area contributed by atoms with Crippen LogP contribution >= 0.6 is 27.3 Å². The van der Waals surface area contributed by atoms with Crippen LogP contribution in [0.2, 0.25) is 0 Å². The molecule has 1 aromatic carbocycles. The maximum atomic E-state index is 8.75. The van der Waals surface area contributed by atoms with Gasteiger partial charge in [0, 0.05) is 21.6 Å². The Balaban J connectivity index is 1.79. The molecule has 3 rings (SSSR count). The van der Waals surface area contributed by atoms with Gasteiger partial charge in [0.2, 0.25) is 0 Å². The predicted octanol–water partition coefficient (Wildman–Crippen LogP) is 5.01. The standard InChI is InChI=1S/C17H10BrN3S/c18-14-3-1-2-13(8-14)17-21-16(11-22-17)7-6-15-5-4-12(9-19)10-20-15/h1-8,10-11H/b7-6+. The average Bonchev–Trinajstić information content (AvgIpc) is 3.02. The van der Waals surface area contributed by atoms with Crippen molar-refractivity contribution in [1.29, 1.82) is 5.26 Å². The minimum absolute atomic E-state index is 0.558. The second-order valence-electron chi connectivity index (χ2n) is 4.50. The number of pyridine rings is 1. The second-order valence-corrected chi connectivity index (χ2v) is 6.28. The molecule has 0 aliphatic carbocycles. The molecule has 0 amide bonds. The van der Waals surface area contributed by atoms with Gasteiger partial charge in [-0.1, -0.05) is 28.1 Å². The number of aromatic nitrogens is 2. The number of thiazole rings is 1. The molecule has 0 N–H and O–H groups in total. The van der Waals surface area contributed by atoms with Gasteiger partial charge in [-0.05, 0) is 36.4 Å². The molecular weight excluding hydrogens is 358 g/mol. The van der Waals surface area contributed by atoms with E-state index in [1.165, 1.54) is 0 Å². The first-order chi connectivity index (χ1) is 10.7. The lowest BCUT2D eigenvalue weighted by Gasteiger charge is -1.96. The molecule has 0 atom stereocenters. The molecule has 2 aromatic heterocycles. The maximum absolute atomic E-state index is 8.75. The summed E-state index contributed by atoms with van der Waals surface area (Å²) in [5.74, 6) is 0. The predicted molar refractivity (Wildman–Crippen MR) is 93.1 cm³/mol. The highest BCUT2D eigenvalue weighted by Crippen LogP contribution is 2.26. The summed E-state index contributed by atoms with van der Waals surface area (Å²) in [7, 11) is 0. The van der Waals surface area contributed by atoms with Crippen LogP contribution in [0, 0.1) is 11.3 Å². The Kier molecular flexibility index (Phi) is 4.42. The fourth-order valence-electron chi connectivity index (χ4n) is 1.86. The molecule has 0 fully saturated rings. The summed E-state index contributed by atoms with van der Waals surface area (Å²) in [4.78, 5) is 8.80. The van der Waals surface area contributed by atoms with Gasteiger partial charge in [-0.15, -0.1) is 11.3 Å². The van der Waals surface area contributed by atoms with E-state index in [4.69, 9.17) is 5.26 Å². The average molecular weight is 368 g/mol. The van der Waals surface area contributed by atoms with Crippen molar-refractivity contribution in [3.05, 3.63) is 69.4 Å². The van der Waals surface area contributed by atoms with Gasteiger partial charge in [0.25, 0.3) is 0 Å². The number of benzene rings is 1.